The minimum absolute atomic E-state index is 0.518. The van der Waals surface area contributed by atoms with Crippen molar-refractivity contribution < 1.29 is 0 Å². The van der Waals surface area contributed by atoms with Crippen LogP contribution in [0, 0.1) is 0 Å². The number of rotatable bonds is 5. The maximum Gasteiger partial charge on any atom is 0.191 e. The number of hydrogen-bond acceptors (Lipinski definition) is 2. The van der Waals surface area contributed by atoms with Crippen LogP contribution in [-0.2, 0) is 0 Å². The summed E-state index contributed by atoms with van der Waals surface area (Å²) in [5.41, 5.74) is 5.93. The van der Waals surface area contributed by atoms with Gasteiger partial charge in [0.2, 0.25) is 0 Å². The van der Waals surface area contributed by atoms with E-state index in [-0.39, 0.29) is 0 Å². The Bertz CT molecular complexity index is 202. The van der Waals surface area contributed by atoms with Crippen LogP contribution < -0.4 is 5.73 Å². The number of hydrogen-bond donors (Lipinski definition) is 1. The minimum atomic E-state index is 0.518. The molecule has 0 amide bonds. The Labute approximate surface area is 91.1 Å². The lowest BCUT2D eigenvalue weighted by Gasteiger charge is -2.27. The maximum atomic E-state index is 5.93. The van der Waals surface area contributed by atoms with E-state index in [9.17, 15) is 0 Å². The minimum Gasteiger partial charge on any atom is -0.370 e. The van der Waals surface area contributed by atoms with Gasteiger partial charge in [0.15, 0.2) is 5.96 Å². The van der Waals surface area contributed by atoms with Gasteiger partial charge in [0.05, 0.1) is 6.04 Å². The highest BCUT2D eigenvalue weighted by Crippen LogP contribution is 2.23. The second-order valence-corrected chi connectivity index (χ2v) is 4.76. The van der Waals surface area contributed by atoms with Crippen LogP contribution in [0.4, 0.5) is 0 Å². The molecule has 0 aliphatic heterocycles. The van der Waals surface area contributed by atoms with Crippen molar-refractivity contribution in [3.05, 3.63) is 0 Å². The molecule has 0 bridgehead atoms. The highest BCUT2D eigenvalue weighted by atomic mass is 32.2. The Hall–Kier alpha value is -0.380. The molecule has 1 atom stereocenters. The molecule has 1 rings (SSSR count). The SMILES string of the molecule is CCC(CSC)N(C)C(N)=NC1CC1. The molecule has 14 heavy (non-hydrogen) atoms. The van der Waals surface area contributed by atoms with E-state index in [0.717, 1.165) is 12.2 Å². The Morgan fingerprint density at radius 1 is 1.64 bits per heavy atom. The molecule has 3 nitrogen and oxygen atoms in total. The van der Waals surface area contributed by atoms with E-state index in [2.05, 4.69) is 23.1 Å². The number of nitrogens with zero attached hydrogens (tertiary/aromatic N) is 2. The van der Waals surface area contributed by atoms with E-state index < -0.39 is 0 Å². The van der Waals surface area contributed by atoms with Crippen LogP contribution in [0.1, 0.15) is 26.2 Å². The first-order chi connectivity index (χ1) is 6.69. The summed E-state index contributed by atoms with van der Waals surface area (Å²) < 4.78 is 0. The molecule has 0 aromatic carbocycles. The molecule has 0 aromatic heterocycles. The summed E-state index contributed by atoms with van der Waals surface area (Å²) in [6, 6.07) is 1.04. The van der Waals surface area contributed by atoms with Crippen LogP contribution in [0.15, 0.2) is 4.99 Å². The first kappa shape index (κ1) is 11.7. The Morgan fingerprint density at radius 3 is 2.71 bits per heavy atom. The van der Waals surface area contributed by atoms with Gasteiger partial charge in [-0.3, -0.25) is 0 Å². The molecular formula is C10H21N3S. The normalized spacial score (nSPS) is 19.5. The molecule has 0 heterocycles. The van der Waals surface area contributed by atoms with E-state index in [1.807, 2.05) is 18.8 Å². The van der Waals surface area contributed by atoms with Crippen molar-refractivity contribution in [2.75, 3.05) is 19.1 Å². The lowest BCUT2D eigenvalue weighted by atomic mass is 10.2. The van der Waals surface area contributed by atoms with Gasteiger partial charge in [-0.2, -0.15) is 11.8 Å². The van der Waals surface area contributed by atoms with Crippen molar-refractivity contribution >= 4 is 17.7 Å². The summed E-state index contributed by atoms with van der Waals surface area (Å²) in [6.07, 6.45) is 5.69. The fourth-order valence-electron chi connectivity index (χ4n) is 1.36. The summed E-state index contributed by atoms with van der Waals surface area (Å²) in [5.74, 6) is 1.84. The molecule has 2 N–H and O–H groups in total. The molecule has 1 unspecified atom stereocenters. The zero-order valence-electron chi connectivity index (χ0n) is 9.36. The van der Waals surface area contributed by atoms with Crippen LogP contribution in [0.3, 0.4) is 0 Å². The third-order valence-electron chi connectivity index (χ3n) is 2.60. The molecule has 0 radical (unpaired) electrons. The van der Waals surface area contributed by atoms with E-state index in [1.54, 1.807) is 0 Å². The predicted molar refractivity (Wildman–Crippen MR) is 64.9 cm³/mol. The fourth-order valence-corrected chi connectivity index (χ4v) is 2.21. The van der Waals surface area contributed by atoms with Gasteiger partial charge in [-0.25, -0.2) is 4.99 Å². The van der Waals surface area contributed by atoms with Crippen LogP contribution in [0.5, 0.6) is 0 Å². The Kier molecular flexibility index (Phi) is 4.58. The number of nitrogens with two attached hydrogens (primary N) is 1. The first-order valence-corrected chi connectivity index (χ1v) is 6.63. The molecular weight excluding hydrogens is 194 g/mol. The summed E-state index contributed by atoms with van der Waals surface area (Å²) in [7, 11) is 2.05. The van der Waals surface area contributed by atoms with Gasteiger partial charge < -0.3 is 10.6 Å². The lowest BCUT2D eigenvalue weighted by Crippen LogP contribution is -2.43. The standard InChI is InChI=1S/C10H21N3S/c1-4-9(7-14-3)13(2)10(11)12-8-5-6-8/h8-9H,4-7H2,1-3H3,(H2,11,12). The lowest BCUT2D eigenvalue weighted by molar-refractivity contribution is 0.381. The van der Waals surface area contributed by atoms with Crippen molar-refractivity contribution in [3.8, 4) is 0 Å². The highest BCUT2D eigenvalue weighted by molar-refractivity contribution is 7.98. The molecule has 1 aliphatic rings. The zero-order chi connectivity index (χ0) is 10.6. The fraction of sp³-hybridized carbons (Fsp3) is 0.900. The average molecular weight is 215 g/mol. The highest BCUT2D eigenvalue weighted by Gasteiger charge is 2.22. The van der Waals surface area contributed by atoms with Gasteiger partial charge in [0, 0.05) is 18.8 Å². The monoisotopic (exact) mass is 215 g/mol. The van der Waals surface area contributed by atoms with Gasteiger partial charge in [-0.05, 0) is 25.5 Å². The first-order valence-electron chi connectivity index (χ1n) is 5.24. The van der Waals surface area contributed by atoms with Crippen molar-refractivity contribution in [2.45, 2.75) is 38.3 Å². The quantitative estimate of drug-likeness (QED) is 0.559. The second kappa shape index (κ2) is 5.49. The topological polar surface area (TPSA) is 41.6 Å². The Morgan fingerprint density at radius 2 is 2.29 bits per heavy atom. The molecule has 4 heteroatoms. The van der Waals surface area contributed by atoms with Gasteiger partial charge in [-0.1, -0.05) is 6.92 Å². The molecule has 1 fully saturated rings. The molecule has 0 spiro atoms. The van der Waals surface area contributed by atoms with Crippen LogP contribution in [-0.4, -0.2) is 42.0 Å². The van der Waals surface area contributed by atoms with Crippen molar-refractivity contribution in [1.29, 1.82) is 0 Å². The van der Waals surface area contributed by atoms with Crippen molar-refractivity contribution in [2.24, 2.45) is 10.7 Å². The number of aliphatic imine (C=N–C) groups is 1. The van der Waals surface area contributed by atoms with Gasteiger partial charge in [0.1, 0.15) is 0 Å². The molecule has 82 valence electrons. The van der Waals surface area contributed by atoms with Crippen LogP contribution in [0.2, 0.25) is 0 Å². The van der Waals surface area contributed by atoms with Gasteiger partial charge >= 0.3 is 0 Å². The third-order valence-corrected chi connectivity index (χ3v) is 3.32. The summed E-state index contributed by atoms with van der Waals surface area (Å²) >= 11 is 1.86. The number of guanidine groups is 1. The summed E-state index contributed by atoms with van der Waals surface area (Å²) in [5, 5.41) is 0. The van der Waals surface area contributed by atoms with Crippen LogP contribution in [0.25, 0.3) is 0 Å². The number of thioether (sulfide) groups is 1. The largest absolute Gasteiger partial charge is 0.370 e. The van der Waals surface area contributed by atoms with E-state index >= 15 is 0 Å². The molecule has 1 saturated carbocycles. The summed E-state index contributed by atoms with van der Waals surface area (Å²) in [4.78, 5) is 6.57. The smallest absolute Gasteiger partial charge is 0.191 e. The van der Waals surface area contributed by atoms with E-state index in [4.69, 9.17) is 5.73 Å². The van der Waals surface area contributed by atoms with E-state index in [1.165, 1.54) is 12.8 Å². The molecule has 1 aliphatic carbocycles. The van der Waals surface area contributed by atoms with Crippen molar-refractivity contribution in [1.82, 2.24) is 4.90 Å². The van der Waals surface area contributed by atoms with Crippen molar-refractivity contribution in [3.63, 3.8) is 0 Å². The maximum absolute atomic E-state index is 5.93. The second-order valence-electron chi connectivity index (χ2n) is 3.85. The molecule has 0 saturated heterocycles. The molecule has 0 aromatic rings. The zero-order valence-corrected chi connectivity index (χ0v) is 10.2. The average Bonchev–Trinajstić information content (AvgIpc) is 2.96. The van der Waals surface area contributed by atoms with Crippen LogP contribution >= 0.6 is 11.8 Å². The third kappa shape index (κ3) is 3.40. The predicted octanol–water partition coefficient (Wildman–Crippen LogP) is 1.54. The van der Waals surface area contributed by atoms with E-state index in [0.29, 0.717) is 18.0 Å². The Balaban J connectivity index is 2.46. The van der Waals surface area contributed by atoms with Gasteiger partial charge in [-0.15, -0.1) is 0 Å². The summed E-state index contributed by atoms with van der Waals surface area (Å²) in [6.45, 7) is 2.20. The van der Waals surface area contributed by atoms with Gasteiger partial charge in [0.25, 0.3) is 0 Å².